The normalized spacial score (nSPS) is 16.7. The Labute approximate surface area is 176 Å². The Bertz CT molecular complexity index is 973. The van der Waals surface area contributed by atoms with E-state index in [0.717, 1.165) is 24.1 Å². The van der Waals surface area contributed by atoms with Gasteiger partial charge in [0.2, 0.25) is 10.0 Å². The predicted octanol–water partition coefficient (Wildman–Crippen LogP) is 4.80. The summed E-state index contributed by atoms with van der Waals surface area (Å²) in [6.45, 7) is 7.50. The van der Waals surface area contributed by atoms with Gasteiger partial charge in [-0.3, -0.25) is 0 Å². The molecule has 3 rings (SSSR count). The van der Waals surface area contributed by atoms with Crippen LogP contribution in [0.3, 0.4) is 0 Å². The lowest BCUT2D eigenvalue weighted by molar-refractivity contribution is -0.137. The van der Waals surface area contributed by atoms with Crippen molar-refractivity contribution >= 4 is 15.7 Å². The zero-order chi connectivity index (χ0) is 22.2. The summed E-state index contributed by atoms with van der Waals surface area (Å²) in [5.41, 5.74) is 0.940. The molecular formula is C22H27F3N2O2S. The van der Waals surface area contributed by atoms with E-state index in [4.69, 9.17) is 0 Å². The van der Waals surface area contributed by atoms with Crippen molar-refractivity contribution in [2.75, 3.05) is 31.1 Å². The van der Waals surface area contributed by atoms with E-state index in [0.29, 0.717) is 18.8 Å². The van der Waals surface area contributed by atoms with Crippen LogP contribution in [0.15, 0.2) is 53.4 Å². The van der Waals surface area contributed by atoms with Gasteiger partial charge in [0.25, 0.3) is 0 Å². The minimum Gasteiger partial charge on any atom is -0.369 e. The smallest absolute Gasteiger partial charge is 0.369 e. The highest BCUT2D eigenvalue weighted by Crippen LogP contribution is 2.32. The topological polar surface area (TPSA) is 40.6 Å². The fraction of sp³-hybridized carbons (Fsp3) is 0.455. The lowest BCUT2D eigenvalue weighted by Crippen LogP contribution is -2.48. The number of hydrogen-bond acceptors (Lipinski definition) is 3. The van der Waals surface area contributed by atoms with Crippen LogP contribution in [0.4, 0.5) is 18.9 Å². The van der Waals surface area contributed by atoms with Gasteiger partial charge >= 0.3 is 6.18 Å². The molecule has 1 fully saturated rings. The number of hydrogen-bond donors (Lipinski definition) is 0. The molecule has 164 valence electrons. The van der Waals surface area contributed by atoms with E-state index < -0.39 is 21.8 Å². The Morgan fingerprint density at radius 1 is 0.900 bits per heavy atom. The quantitative estimate of drug-likeness (QED) is 0.686. The highest BCUT2D eigenvalue weighted by molar-refractivity contribution is 7.89. The van der Waals surface area contributed by atoms with E-state index >= 15 is 0 Å². The monoisotopic (exact) mass is 440 g/mol. The molecule has 2 aromatic carbocycles. The fourth-order valence-electron chi connectivity index (χ4n) is 3.61. The third kappa shape index (κ3) is 5.35. The van der Waals surface area contributed by atoms with Gasteiger partial charge in [0.05, 0.1) is 10.5 Å². The molecule has 1 aliphatic heterocycles. The van der Waals surface area contributed by atoms with E-state index in [9.17, 15) is 21.6 Å². The van der Waals surface area contributed by atoms with Crippen LogP contribution in [0.5, 0.6) is 0 Å². The molecule has 0 aliphatic carbocycles. The van der Waals surface area contributed by atoms with E-state index in [-0.39, 0.29) is 23.4 Å². The van der Waals surface area contributed by atoms with Crippen LogP contribution < -0.4 is 4.90 Å². The first-order chi connectivity index (χ1) is 13.9. The standard InChI is InChI=1S/C22H27F3N2O2S/c1-21(2,3)16-17-7-9-20(10-8-17)30(28,29)27-13-11-26(12-14-27)19-6-4-5-18(15-19)22(23,24)25/h4-10,15H,11-14,16H2,1-3H3. The van der Waals surface area contributed by atoms with Gasteiger partial charge in [-0.1, -0.05) is 39.0 Å². The summed E-state index contributed by atoms with van der Waals surface area (Å²) in [4.78, 5) is 2.03. The van der Waals surface area contributed by atoms with Crippen LogP contribution >= 0.6 is 0 Å². The Balaban J connectivity index is 1.68. The molecule has 0 atom stereocenters. The van der Waals surface area contributed by atoms with E-state index in [2.05, 4.69) is 20.8 Å². The highest BCUT2D eigenvalue weighted by atomic mass is 32.2. The SMILES string of the molecule is CC(C)(C)Cc1ccc(S(=O)(=O)N2CCN(c3cccc(C(F)(F)F)c3)CC2)cc1. The maximum Gasteiger partial charge on any atom is 0.416 e. The van der Waals surface area contributed by atoms with Gasteiger partial charge in [-0.25, -0.2) is 8.42 Å². The molecule has 0 spiro atoms. The van der Waals surface area contributed by atoms with Crippen LogP contribution in [-0.2, 0) is 22.6 Å². The van der Waals surface area contributed by atoms with Crippen molar-refractivity contribution in [1.29, 1.82) is 0 Å². The Morgan fingerprint density at radius 2 is 1.50 bits per heavy atom. The number of benzene rings is 2. The van der Waals surface area contributed by atoms with Gasteiger partial charge < -0.3 is 4.90 Å². The predicted molar refractivity (Wildman–Crippen MR) is 112 cm³/mol. The zero-order valence-electron chi connectivity index (χ0n) is 17.4. The molecule has 0 amide bonds. The Hall–Kier alpha value is -2.06. The number of halogens is 3. The molecule has 8 heteroatoms. The van der Waals surface area contributed by atoms with Gasteiger partial charge in [0, 0.05) is 31.9 Å². The molecule has 1 heterocycles. The van der Waals surface area contributed by atoms with Crippen molar-refractivity contribution < 1.29 is 21.6 Å². The maximum absolute atomic E-state index is 13.0. The molecule has 30 heavy (non-hydrogen) atoms. The minimum atomic E-state index is -4.40. The third-order valence-electron chi connectivity index (χ3n) is 5.07. The number of sulfonamides is 1. The van der Waals surface area contributed by atoms with Crippen LogP contribution in [0, 0.1) is 5.41 Å². The fourth-order valence-corrected chi connectivity index (χ4v) is 5.03. The van der Waals surface area contributed by atoms with Crippen LogP contribution in [0.2, 0.25) is 0 Å². The Kier molecular flexibility index (Phi) is 6.20. The Morgan fingerprint density at radius 3 is 2.03 bits per heavy atom. The number of rotatable bonds is 4. The first kappa shape index (κ1) is 22.6. The molecule has 0 unspecified atom stereocenters. The molecule has 2 aromatic rings. The number of anilines is 1. The summed E-state index contributed by atoms with van der Waals surface area (Å²) in [7, 11) is -3.63. The average Bonchev–Trinajstić information content (AvgIpc) is 2.67. The summed E-state index contributed by atoms with van der Waals surface area (Å²) < 4.78 is 66.2. The van der Waals surface area contributed by atoms with Crippen LogP contribution in [0.25, 0.3) is 0 Å². The molecule has 0 aromatic heterocycles. The van der Waals surface area contributed by atoms with Gasteiger partial charge in [-0.05, 0) is 47.7 Å². The lowest BCUT2D eigenvalue weighted by Gasteiger charge is -2.35. The molecule has 1 aliphatic rings. The highest BCUT2D eigenvalue weighted by Gasteiger charge is 2.32. The van der Waals surface area contributed by atoms with Crippen molar-refractivity contribution in [1.82, 2.24) is 4.31 Å². The molecule has 0 saturated carbocycles. The molecule has 4 nitrogen and oxygen atoms in total. The second kappa shape index (κ2) is 8.23. The van der Waals surface area contributed by atoms with Gasteiger partial charge in [-0.15, -0.1) is 0 Å². The first-order valence-electron chi connectivity index (χ1n) is 9.88. The summed E-state index contributed by atoms with van der Waals surface area (Å²) >= 11 is 0. The summed E-state index contributed by atoms with van der Waals surface area (Å²) in [5, 5.41) is 0. The van der Waals surface area contributed by atoms with Gasteiger partial charge in [0.1, 0.15) is 0 Å². The van der Waals surface area contributed by atoms with Crippen molar-refractivity contribution in [3.8, 4) is 0 Å². The molecule has 0 N–H and O–H groups in total. The minimum absolute atomic E-state index is 0.111. The van der Waals surface area contributed by atoms with Gasteiger partial charge in [-0.2, -0.15) is 17.5 Å². The van der Waals surface area contributed by atoms with Crippen molar-refractivity contribution in [2.24, 2.45) is 5.41 Å². The first-order valence-corrected chi connectivity index (χ1v) is 11.3. The molecule has 0 bridgehead atoms. The van der Waals surface area contributed by atoms with Crippen LogP contribution in [0.1, 0.15) is 31.9 Å². The number of alkyl halides is 3. The van der Waals surface area contributed by atoms with E-state index in [1.807, 2.05) is 12.1 Å². The van der Waals surface area contributed by atoms with Crippen molar-refractivity contribution in [3.05, 3.63) is 59.7 Å². The summed E-state index contributed by atoms with van der Waals surface area (Å²) in [5.74, 6) is 0. The number of nitrogens with zero attached hydrogens (tertiary/aromatic N) is 2. The zero-order valence-corrected chi connectivity index (χ0v) is 18.2. The van der Waals surface area contributed by atoms with Crippen molar-refractivity contribution in [3.63, 3.8) is 0 Å². The number of piperazine rings is 1. The van der Waals surface area contributed by atoms with E-state index in [1.54, 1.807) is 23.1 Å². The lowest BCUT2D eigenvalue weighted by atomic mass is 9.88. The molecular weight excluding hydrogens is 413 g/mol. The molecule has 1 saturated heterocycles. The maximum atomic E-state index is 13.0. The average molecular weight is 441 g/mol. The second-order valence-corrected chi connectivity index (χ2v) is 10.8. The third-order valence-corrected chi connectivity index (χ3v) is 6.99. The molecule has 0 radical (unpaired) electrons. The van der Waals surface area contributed by atoms with Gasteiger partial charge in [0.15, 0.2) is 0 Å². The van der Waals surface area contributed by atoms with Crippen molar-refractivity contribution in [2.45, 2.75) is 38.3 Å². The largest absolute Gasteiger partial charge is 0.416 e. The van der Waals surface area contributed by atoms with E-state index in [1.165, 1.54) is 10.4 Å². The summed E-state index contributed by atoms with van der Waals surface area (Å²) in [6, 6.07) is 12.1. The van der Waals surface area contributed by atoms with Crippen LogP contribution in [-0.4, -0.2) is 38.9 Å². The summed E-state index contributed by atoms with van der Waals surface area (Å²) in [6.07, 6.45) is -3.55. The second-order valence-electron chi connectivity index (χ2n) is 8.82.